The zero-order valence-electron chi connectivity index (χ0n) is 12.9. The van der Waals surface area contributed by atoms with Gasteiger partial charge in [0, 0.05) is 5.71 Å². The van der Waals surface area contributed by atoms with Crippen molar-refractivity contribution in [1.29, 1.82) is 0 Å². The molecule has 0 atom stereocenters. The molecular weight excluding hydrogens is 260 g/mol. The number of carbonyl (C=O) groups is 1. The van der Waals surface area contributed by atoms with E-state index in [1.807, 2.05) is 37.3 Å². The Balaban J connectivity index is 2.05. The van der Waals surface area contributed by atoms with Crippen LogP contribution in [0.3, 0.4) is 0 Å². The molecule has 2 aromatic rings. The molecule has 21 heavy (non-hydrogen) atoms. The van der Waals surface area contributed by atoms with E-state index in [9.17, 15) is 4.79 Å². The summed E-state index contributed by atoms with van der Waals surface area (Å²) in [5.74, 6) is 0.471. The van der Waals surface area contributed by atoms with Crippen molar-refractivity contribution in [2.24, 2.45) is 11.0 Å². The smallest absolute Gasteiger partial charge is 0.244 e. The number of hydrogen-bond donors (Lipinski definition) is 1. The topological polar surface area (TPSA) is 41.5 Å². The molecule has 0 saturated heterocycles. The quantitative estimate of drug-likeness (QED) is 0.655. The van der Waals surface area contributed by atoms with E-state index in [1.165, 1.54) is 0 Å². The summed E-state index contributed by atoms with van der Waals surface area (Å²) in [6.07, 6.45) is 1.24. The van der Waals surface area contributed by atoms with E-state index in [0.29, 0.717) is 12.3 Å². The molecule has 110 valence electrons. The van der Waals surface area contributed by atoms with Gasteiger partial charge in [-0.3, -0.25) is 4.79 Å². The molecule has 0 saturated carbocycles. The second-order valence-electron chi connectivity index (χ2n) is 5.80. The largest absolute Gasteiger partial charge is 0.273 e. The van der Waals surface area contributed by atoms with Gasteiger partial charge in [0.15, 0.2) is 0 Å². The minimum atomic E-state index is -0.0746. The maximum absolute atomic E-state index is 12.0. The van der Waals surface area contributed by atoms with E-state index in [-0.39, 0.29) is 5.91 Å². The van der Waals surface area contributed by atoms with Gasteiger partial charge in [-0.15, -0.1) is 0 Å². The molecule has 0 aliphatic rings. The highest BCUT2D eigenvalue weighted by Crippen LogP contribution is 2.18. The number of amides is 1. The molecule has 3 heteroatoms. The van der Waals surface area contributed by atoms with Crippen LogP contribution < -0.4 is 5.43 Å². The third kappa shape index (κ3) is 4.42. The van der Waals surface area contributed by atoms with Crippen LogP contribution in [0.2, 0.25) is 0 Å². The van der Waals surface area contributed by atoms with E-state index >= 15 is 0 Å². The molecule has 3 nitrogen and oxygen atoms in total. The third-order valence-electron chi connectivity index (χ3n) is 3.31. The van der Waals surface area contributed by atoms with Gasteiger partial charge in [-0.1, -0.05) is 56.3 Å². The van der Waals surface area contributed by atoms with E-state index in [4.69, 9.17) is 0 Å². The van der Waals surface area contributed by atoms with Crippen molar-refractivity contribution in [3.8, 4) is 0 Å². The molecule has 1 amide bonds. The minimum Gasteiger partial charge on any atom is -0.273 e. The second kappa shape index (κ2) is 7.02. The summed E-state index contributed by atoms with van der Waals surface area (Å²) in [6, 6.07) is 14.1. The number of fused-ring (bicyclic) bond motifs is 1. The van der Waals surface area contributed by atoms with Gasteiger partial charge in [0.05, 0.1) is 6.42 Å². The standard InChI is InChI=1S/C18H22N2O/c1-13(2)11-14(3)19-20-18(21)12-16-9-6-8-15-7-4-5-10-17(15)16/h4-10,13H,11-12H2,1-3H3,(H,20,21)/b19-14+. The number of rotatable bonds is 5. The van der Waals surface area contributed by atoms with E-state index < -0.39 is 0 Å². The van der Waals surface area contributed by atoms with Crippen LogP contribution in [-0.4, -0.2) is 11.6 Å². The Morgan fingerprint density at radius 3 is 2.62 bits per heavy atom. The molecule has 1 N–H and O–H groups in total. The molecule has 0 spiro atoms. The number of carbonyl (C=O) groups excluding carboxylic acids is 1. The van der Waals surface area contributed by atoms with Crippen LogP contribution in [0.15, 0.2) is 47.6 Å². The summed E-state index contributed by atoms with van der Waals surface area (Å²) in [5, 5.41) is 6.44. The summed E-state index contributed by atoms with van der Waals surface area (Å²) in [7, 11) is 0. The van der Waals surface area contributed by atoms with Crippen LogP contribution in [0, 0.1) is 5.92 Å². The van der Waals surface area contributed by atoms with Gasteiger partial charge in [-0.25, -0.2) is 5.43 Å². The van der Waals surface area contributed by atoms with Crippen LogP contribution >= 0.6 is 0 Å². The lowest BCUT2D eigenvalue weighted by Gasteiger charge is -2.07. The highest BCUT2D eigenvalue weighted by Gasteiger charge is 2.06. The lowest BCUT2D eigenvalue weighted by atomic mass is 10.0. The van der Waals surface area contributed by atoms with Gasteiger partial charge in [0.1, 0.15) is 0 Å². The Morgan fingerprint density at radius 2 is 1.86 bits per heavy atom. The Bertz CT molecular complexity index is 654. The number of nitrogens with one attached hydrogen (secondary N) is 1. The molecule has 0 aromatic heterocycles. The van der Waals surface area contributed by atoms with Gasteiger partial charge in [0.25, 0.3) is 0 Å². The molecule has 2 aromatic carbocycles. The Kier molecular flexibility index (Phi) is 5.09. The summed E-state index contributed by atoms with van der Waals surface area (Å²) in [4.78, 5) is 12.0. The van der Waals surface area contributed by atoms with Crippen molar-refractivity contribution in [1.82, 2.24) is 5.43 Å². The summed E-state index contributed by atoms with van der Waals surface area (Å²) < 4.78 is 0. The Labute approximate surface area is 126 Å². The van der Waals surface area contributed by atoms with Crippen LogP contribution in [0.4, 0.5) is 0 Å². The van der Waals surface area contributed by atoms with Crippen molar-refractivity contribution in [2.45, 2.75) is 33.6 Å². The molecule has 0 unspecified atom stereocenters. The van der Waals surface area contributed by atoms with E-state index in [1.54, 1.807) is 0 Å². The van der Waals surface area contributed by atoms with Crippen molar-refractivity contribution < 1.29 is 4.79 Å². The molecule has 0 aliphatic carbocycles. The van der Waals surface area contributed by atoms with E-state index in [2.05, 4.69) is 36.5 Å². The van der Waals surface area contributed by atoms with Gasteiger partial charge >= 0.3 is 0 Å². The fraction of sp³-hybridized carbons (Fsp3) is 0.333. The average Bonchev–Trinajstić information content (AvgIpc) is 2.45. The first kappa shape index (κ1) is 15.2. The van der Waals surface area contributed by atoms with Crippen molar-refractivity contribution >= 4 is 22.4 Å². The predicted octanol–water partition coefficient (Wildman–Crippen LogP) is 3.92. The van der Waals surface area contributed by atoms with Crippen LogP contribution in [-0.2, 0) is 11.2 Å². The number of benzene rings is 2. The van der Waals surface area contributed by atoms with Gasteiger partial charge in [0.2, 0.25) is 5.91 Å². The molecule has 2 rings (SSSR count). The normalized spacial score (nSPS) is 11.9. The Morgan fingerprint density at radius 1 is 1.14 bits per heavy atom. The first-order valence-electron chi connectivity index (χ1n) is 7.35. The van der Waals surface area contributed by atoms with Gasteiger partial charge in [-0.2, -0.15) is 5.10 Å². The van der Waals surface area contributed by atoms with E-state index in [0.717, 1.165) is 28.5 Å². The second-order valence-corrected chi connectivity index (χ2v) is 5.80. The lowest BCUT2D eigenvalue weighted by Crippen LogP contribution is -2.21. The number of nitrogens with zero attached hydrogens (tertiary/aromatic N) is 1. The van der Waals surface area contributed by atoms with Gasteiger partial charge in [-0.05, 0) is 35.6 Å². The summed E-state index contributed by atoms with van der Waals surface area (Å²) in [5.41, 5.74) is 4.63. The summed E-state index contributed by atoms with van der Waals surface area (Å²) in [6.45, 7) is 6.21. The van der Waals surface area contributed by atoms with Gasteiger partial charge < -0.3 is 0 Å². The highest BCUT2D eigenvalue weighted by atomic mass is 16.2. The maximum Gasteiger partial charge on any atom is 0.244 e. The predicted molar refractivity (Wildman–Crippen MR) is 88.4 cm³/mol. The monoisotopic (exact) mass is 282 g/mol. The molecule has 0 aliphatic heterocycles. The maximum atomic E-state index is 12.0. The minimum absolute atomic E-state index is 0.0746. The average molecular weight is 282 g/mol. The summed E-state index contributed by atoms with van der Waals surface area (Å²) >= 11 is 0. The Hall–Kier alpha value is -2.16. The zero-order valence-corrected chi connectivity index (χ0v) is 12.9. The third-order valence-corrected chi connectivity index (χ3v) is 3.31. The van der Waals surface area contributed by atoms with Crippen LogP contribution in [0.1, 0.15) is 32.8 Å². The number of hydrogen-bond acceptors (Lipinski definition) is 2. The first-order valence-corrected chi connectivity index (χ1v) is 7.35. The lowest BCUT2D eigenvalue weighted by molar-refractivity contribution is -0.120. The molecule has 0 heterocycles. The number of hydrazone groups is 1. The SMILES string of the molecule is C/C(CC(C)C)=N\NC(=O)Cc1cccc2ccccc12. The molecule has 0 radical (unpaired) electrons. The first-order chi connectivity index (χ1) is 10.1. The highest BCUT2D eigenvalue weighted by molar-refractivity contribution is 5.91. The molecular formula is C18H22N2O. The van der Waals surface area contributed by atoms with Crippen molar-refractivity contribution in [3.05, 3.63) is 48.0 Å². The van der Waals surface area contributed by atoms with Crippen LogP contribution in [0.25, 0.3) is 10.8 Å². The molecule has 0 bridgehead atoms. The fourth-order valence-electron chi connectivity index (χ4n) is 2.45. The van der Waals surface area contributed by atoms with Crippen LogP contribution in [0.5, 0.6) is 0 Å². The van der Waals surface area contributed by atoms with Crippen molar-refractivity contribution in [2.75, 3.05) is 0 Å². The molecule has 0 fully saturated rings. The zero-order chi connectivity index (χ0) is 15.2. The fourth-order valence-corrected chi connectivity index (χ4v) is 2.45. The van der Waals surface area contributed by atoms with Crippen molar-refractivity contribution in [3.63, 3.8) is 0 Å².